The number of halogens is 1. The van der Waals surface area contributed by atoms with Crippen LogP contribution in [0.25, 0.3) is 0 Å². The minimum atomic E-state index is -1.08. The molecule has 1 fully saturated rings. The van der Waals surface area contributed by atoms with E-state index in [1.807, 2.05) is 0 Å². The van der Waals surface area contributed by atoms with Crippen molar-refractivity contribution in [1.29, 1.82) is 0 Å². The number of piperazine rings is 1. The van der Waals surface area contributed by atoms with Crippen LogP contribution in [0, 0.1) is 0 Å². The number of hydrogen-bond acceptors (Lipinski definition) is 6. The molecule has 0 atom stereocenters. The molecule has 0 bridgehead atoms. The second kappa shape index (κ2) is 12.4. The average Bonchev–Trinajstić information content (AvgIpc) is 2.82. The molecule has 0 spiro atoms. The SMILES string of the molecule is COCCCNC(=O)CN1CCN(c2ccc(C(=O)O)cc2NC(=O)c2cccc(Cl)c2)CC1. The van der Waals surface area contributed by atoms with Crippen molar-refractivity contribution in [3.8, 4) is 0 Å². The fourth-order valence-corrected chi connectivity index (χ4v) is 3.91. The van der Waals surface area contributed by atoms with Gasteiger partial charge >= 0.3 is 5.97 Å². The summed E-state index contributed by atoms with van der Waals surface area (Å²) in [5, 5.41) is 15.6. The molecule has 0 aliphatic carbocycles. The summed E-state index contributed by atoms with van der Waals surface area (Å²) >= 11 is 6.00. The highest BCUT2D eigenvalue weighted by molar-refractivity contribution is 6.31. The maximum atomic E-state index is 12.8. The molecule has 182 valence electrons. The van der Waals surface area contributed by atoms with Crippen molar-refractivity contribution in [2.45, 2.75) is 6.42 Å². The first-order valence-corrected chi connectivity index (χ1v) is 11.4. The summed E-state index contributed by atoms with van der Waals surface area (Å²) in [4.78, 5) is 40.6. The van der Waals surface area contributed by atoms with Crippen LogP contribution >= 0.6 is 11.6 Å². The molecule has 9 nitrogen and oxygen atoms in total. The van der Waals surface area contributed by atoms with Crippen molar-refractivity contribution in [1.82, 2.24) is 10.2 Å². The highest BCUT2D eigenvalue weighted by Gasteiger charge is 2.22. The van der Waals surface area contributed by atoms with E-state index in [0.717, 1.165) is 12.1 Å². The van der Waals surface area contributed by atoms with E-state index in [1.165, 1.54) is 12.1 Å². The largest absolute Gasteiger partial charge is 0.478 e. The molecular formula is C24H29ClN4O5. The van der Waals surface area contributed by atoms with E-state index in [2.05, 4.69) is 20.4 Å². The fraction of sp³-hybridized carbons (Fsp3) is 0.375. The zero-order valence-electron chi connectivity index (χ0n) is 19.1. The first-order valence-electron chi connectivity index (χ1n) is 11.0. The van der Waals surface area contributed by atoms with Gasteiger partial charge in [0.15, 0.2) is 0 Å². The van der Waals surface area contributed by atoms with E-state index in [-0.39, 0.29) is 17.4 Å². The molecule has 3 N–H and O–H groups in total. The molecule has 1 aliphatic heterocycles. The Morgan fingerprint density at radius 3 is 2.50 bits per heavy atom. The van der Waals surface area contributed by atoms with Crippen LogP contribution in [0.2, 0.25) is 5.02 Å². The van der Waals surface area contributed by atoms with Gasteiger partial charge < -0.3 is 25.4 Å². The van der Waals surface area contributed by atoms with Crippen LogP contribution in [0.4, 0.5) is 11.4 Å². The van der Waals surface area contributed by atoms with Crippen molar-refractivity contribution in [2.75, 3.05) is 63.2 Å². The van der Waals surface area contributed by atoms with Gasteiger partial charge in [-0.3, -0.25) is 14.5 Å². The number of ether oxygens (including phenoxy) is 1. The Kier molecular flexibility index (Phi) is 9.26. The van der Waals surface area contributed by atoms with Gasteiger partial charge in [0.1, 0.15) is 0 Å². The van der Waals surface area contributed by atoms with Crippen LogP contribution in [0.5, 0.6) is 0 Å². The minimum Gasteiger partial charge on any atom is -0.478 e. The molecule has 34 heavy (non-hydrogen) atoms. The van der Waals surface area contributed by atoms with E-state index in [4.69, 9.17) is 16.3 Å². The van der Waals surface area contributed by atoms with E-state index in [0.29, 0.717) is 62.1 Å². The Labute approximate surface area is 203 Å². The Morgan fingerprint density at radius 2 is 1.82 bits per heavy atom. The van der Waals surface area contributed by atoms with Crippen LogP contribution in [0.3, 0.4) is 0 Å². The lowest BCUT2D eigenvalue weighted by Gasteiger charge is -2.36. The Hall–Kier alpha value is -3.14. The van der Waals surface area contributed by atoms with E-state index >= 15 is 0 Å². The predicted octanol–water partition coefficient (Wildman–Crippen LogP) is 2.57. The van der Waals surface area contributed by atoms with Crippen LogP contribution in [-0.4, -0.2) is 80.8 Å². The number of benzene rings is 2. The fourth-order valence-electron chi connectivity index (χ4n) is 3.72. The molecule has 2 aromatic rings. The lowest BCUT2D eigenvalue weighted by molar-refractivity contribution is -0.122. The summed E-state index contributed by atoms with van der Waals surface area (Å²) in [7, 11) is 1.63. The van der Waals surface area contributed by atoms with E-state index in [9.17, 15) is 19.5 Å². The van der Waals surface area contributed by atoms with Crippen molar-refractivity contribution in [3.05, 3.63) is 58.6 Å². The molecule has 0 radical (unpaired) electrons. The molecule has 1 saturated heterocycles. The summed E-state index contributed by atoms with van der Waals surface area (Å²) in [6, 6.07) is 11.2. The number of hydrogen-bond donors (Lipinski definition) is 3. The molecule has 0 saturated carbocycles. The second-order valence-electron chi connectivity index (χ2n) is 7.96. The maximum absolute atomic E-state index is 12.8. The van der Waals surface area contributed by atoms with Crippen molar-refractivity contribution in [3.63, 3.8) is 0 Å². The highest BCUT2D eigenvalue weighted by Crippen LogP contribution is 2.29. The Balaban J connectivity index is 1.65. The molecule has 10 heteroatoms. The zero-order chi connectivity index (χ0) is 24.5. The number of nitrogens with one attached hydrogen (secondary N) is 2. The topological polar surface area (TPSA) is 111 Å². The van der Waals surface area contributed by atoms with Gasteiger partial charge in [0, 0.05) is 57.0 Å². The van der Waals surface area contributed by atoms with Gasteiger partial charge in [-0.1, -0.05) is 17.7 Å². The third-order valence-electron chi connectivity index (χ3n) is 5.51. The third kappa shape index (κ3) is 7.18. The smallest absolute Gasteiger partial charge is 0.335 e. The molecule has 0 aromatic heterocycles. The molecule has 1 aliphatic rings. The van der Waals surface area contributed by atoms with Crippen molar-refractivity contribution >= 4 is 40.8 Å². The van der Waals surface area contributed by atoms with Gasteiger partial charge in [-0.15, -0.1) is 0 Å². The summed E-state index contributed by atoms with van der Waals surface area (Å²) < 4.78 is 4.98. The molecule has 2 aromatic carbocycles. The minimum absolute atomic E-state index is 0.0233. The number of methoxy groups -OCH3 is 1. The average molecular weight is 489 g/mol. The first-order chi connectivity index (χ1) is 16.4. The molecule has 1 heterocycles. The number of carbonyl (C=O) groups is 3. The number of aromatic carboxylic acids is 1. The van der Waals surface area contributed by atoms with Gasteiger partial charge in [0.05, 0.1) is 23.5 Å². The summed E-state index contributed by atoms with van der Waals surface area (Å²) in [6.45, 7) is 4.08. The van der Waals surface area contributed by atoms with Gasteiger partial charge in [0.25, 0.3) is 5.91 Å². The summed E-state index contributed by atoms with van der Waals surface area (Å²) in [6.07, 6.45) is 0.770. The standard InChI is InChI=1S/C24H29ClN4O5/c1-34-13-3-8-26-22(30)16-28-9-11-29(12-10-28)21-7-6-18(24(32)33)15-20(21)27-23(31)17-4-2-5-19(25)14-17/h2,4-7,14-15H,3,8-13,16H2,1H3,(H,26,30)(H,27,31)(H,32,33). The van der Waals surface area contributed by atoms with Gasteiger partial charge in [-0.05, 0) is 42.8 Å². The Morgan fingerprint density at radius 1 is 1.06 bits per heavy atom. The monoisotopic (exact) mass is 488 g/mol. The van der Waals surface area contributed by atoms with Crippen LogP contribution < -0.4 is 15.5 Å². The number of amides is 2. The van der Waals surface area contributed by atoms with Crippen LogP contribution in [0.15, 0.2) is 42.5 Å². The van der Waals surface area contributed by atoms with Crippen LogP contribution in [0.1, 0.15) is 27.1 Å². The molecule has 3 rings (SSSR count). The van der Waals surface area contributed by atoms with Crippen LogP contribution in [-0.2, 0) is 9.53 Å². The lowest BCUT2D eigenvalue weighted by Crippen LogP contribution is -2.49. The second-order valence-corrected chi connectivity index (χ2v) is 8.40. The number of anilines is 2. The number of carbonyl (C=O) groups excluding carboxylic acids is 2. The number of carboxylic acid groups (broad SMARTS) is 1. The number of rotatable bonds is 10. The third-order valence-corrected chi connectivity index (χ3v) is 5.74. The Bertz CT molecular complexity index is 1020. The summed E-state index contributed by atoms with van der Waals surface area (Å²) in [5.74, 6) is -1.48. The highest BCUT2D eigenvalue weighted by atomic mass is 35.5. The predicted molar refractivity (Wildman–Crippen MR) is 131 cm³/mol. The first kappa shape index (κ1) is 25.5. The molecule has 2 amide bonds. The maximum Gasteiger partial charge on any atom is 0.335 e. The lowest BCUT2D eigenvalue weighted by atomic mass is 10.1. The van der Waals surface area contributed by atoms with Gasteiger partial charge in [-0.2, -0.15) is 0 Å². The van der Waals surface area contributed by atoms with Crippen molar-refractivity contribution < 1.29 is 24.2 Å². The van der Waals surface area contributed by atoms with E-state index in [1.54, 1.807) is 37.4 Å². The molecule has 0 unspecified atom stereocenters. The summed E-state index contributed by atoms with van der Waals surface area (Å²) in [5.41, 5.74) is 1.59. The number of nitrogens with zero attached hydrogens (tertiary/aromatic N) is 2. The number of carboxylic acids is 1. The molecular weight excluding hydrogens is 460 g/mol. The van der Waals surface area contributed by atoms with E-state index < -0.39 is 5.97 Å². The van der Waals surface area contributed by atoms with Gasteiger partial charge in [0.2, 0.25) is 5.91 Å². The zero-order valence-corrected chi connectivity index (χ0v) is 19.8. The quantitative estimate of drug-likeness (QED) is 0.441. The van der Waals surface area contributed by atoms with Gasteiger partial charge in [-0.25, -0.2) is 4.79 Å². The van der Waals surface area contributed by atoms with Crippen molar-refractivity contribution in [2.24, 2.45) is 0 Å². The normalized spacial score (nSPS) is 14.0.